The number of carbonyl (C=O) groups excluding carboxylic acids is 1. The number of amides is 1. The first-order chi connectivity index (χ1) is 10.4. The van der Waals surface area contributed by atoms with Gasteiger partial charge in [-0.1, -0.05) is 34.1 Å². The fraction of sp³-hybridized carbons (Fsp3) is 0.133. The van der Waals surface area contributed by atoms with Crippen LogP contribution in [0.1, 0.15) is 28.9 Å². The third-order valence-corrected chi connectivity index (χ3v) is 3.85. The lowest BCUT2D eigenvalue weighted by Crippen LogP contribution is -2.27. The number of nitro groups is 1. The van der Waals surface area contributed by atoms with E-state index in [2.05, 4.69) is 21.2 Å². The third-order valence-electron chi connectivity index (χ3n) is 3.12. The van der Waals surface area contributed by atoms with Crippen molar-refractivity contribution in [1.29, 1.82) is 0 Å². The Morgan fingerprint density at radius 1 is 1.32 bits per heavy atom. The van der Waals surface area contributed by atoms with Crippen LogP contribution < -0.4 is 5.32 Å². The van der Waals surface area contributed by atoms with Crippen molar-refractivity contribution >= 4 is 27.5 Å². The first kappa shape index (κ1) is 16.1. The summed E-state index contributed by atoms with van der Waals surface area (Å²) in [7, 11) is 0. The van der Waals surface area contributed by atoms with Crippen LogP contribution in [0, 0.1) is 15.9 Å². The minimum atomic E-state index is -0.972. The molecule has 0 unspecified atom stereocenters. The molecule has 0 saturated carbocycles. The van der Waals surface area contributed by atoms with Gasteiger partial charge in [-0.2, -0.15) is 4.39 Å². The molecule has 0 fully saturated rings. The normalized spacial score (nSPS) is 11.8. The lowest BCUT2D eigenvalue weighted by molar-refractivity contribution is -0.387. The van der Waals surface area contributed by atoms with Gasteiger partial charge in [0.1, 0.15) is 0 Å². The topological polar surface area (TPSA) is 72.2 Å². The van der Waals surface area contributed by atoms with Crippen LogP contribution in [-0.4, -0.2) is 10.8 Å². The Morgan fingerprint density at radius 2 is 2.00 bits per heavy atom. The quantitative estimate of drug-likeness (QED) is 0.656. The molecule has 0 spiro atoms. The highest BCUT2D eigenvalue weighted by Crippen LogP contribution is 2.24. The summed E-state index contributed by atoms with van der Waals surface area (Å²) in [5, 5.41) is 13.4. The summed E-state index contributed by atoms with van der Waals surface area (Å²) < 4.78 is 14.1. The van der Waals surface area contributed by atoms with Crippen molar-refractivity contribution < 1.29 is 14.1 Å². The van der Waals surface area contributed by atoms with Gasteiger partial charge < -0.3 is 5.32 Å². The Labute approximate surface area is 134 Å². The smallest absolute Gasteiger partial charge is 0.305 e. The summed E-state index contributed by atoms with van der Waals surface area (Å²) >= 11 is 3.39. The van der Waals surface area contributed by atoms with Crippen molar-refractivity contribution in [2.24, 2.45) is 0 Å². The van der Waals surface area contributed by atoms with Crippen LogP contribution in [0.25, 0.3) is 0 Å². The number of carbonyl (C=O) groups is 1. The van der Waals surface area contributed by atoms with Crippen LogP contribution >= 0.6 is 15.9 Å². The largest absolute Gasteiger partial charge is 0.345 e. The molecule has 0 aliphatic rings. The molecule has 0 aliphatic heterocycles. The van der Waals surface area contributed by atoms with E-state index in [0.717, 1.165) is 22.2 Å². The van der Waals surface area contributed by atoms with Crippen molar-refractivity contribution in [2.75, 3.05) is 0 Å². The van der Waals surface area contributed by atoms with Gasteiger partial charge in [-0.15, -0.1) is 0 Å². The Bertz CT molecular complexity index is 736. The number of nitrogens with one attached hydrogen (secondary N) is 1. The van der Waals surface area contributed by atoms with E-state index in [4.69, 9.17) is 0 Å². The molecule has 7 heteroatoms. The van der Waals surface area contributed by atoms with E-state index < -0.39 is 22.3 Å². The van der Waals surface area contributed by atoms with E-state index in [1.807, 2.05) is 24.3 Å². The Morgan fingerprint density at radius 3 is 2.64 bits per heavy atom. The lowest BCUT2D eigenvalue weighted by Gasteiger charge is -2.15. The zero-order chi connectivity index (χ0) is 16.3. The minimum Gasteiger partial charge on any atom is -0.345 e. The van der Waals surface area contributed by atoms with Gasteiger partial charge in [0.15, 0.2) is 0 Å². The van der Waals surface area contributed by atoms with Gasteiger partial charge in [0.25, 0.3) is 5.91 Å². The Balaban J connectivity index is 2.21. The van der Waals surface area contributed by atoms with Crippen molar-refractivity contribution in [1.82, 2.24) is 5.32 Å². The molecule has 2 aromatic rings. The monoisotopic (exact) mass is 366 g/mol. The molecule has 22 heavy (non-hydrogen) atoms. The lowest BCUT2D eigenvalue weighted by atomic mass is 10.1. The number of nitro benzene ring substituents is 1. The van der Waals surface area contributed by atoms with Gasteiger partial charge in [-0.05, 0) is 30.7 Å². The van der Waals surface area contributed by atoms with E-state index >= 15 is 0 Å². The van der Waals surface area contributed by atoms with Crippen LogP contribution in [0.5, 0.6) is 0 Å². The van der Waals surface area contributed by atoms with Crippen molar-refractivity contribution in [2.45, 2.75) is 13.0 Å². The predicted octanol–water partition coefficient (Wildman–Crippen LogP) is 3.99. The van der Waals surface area contributed by atoms with Crippen LogP contribution in [-0.2, 0) is 0 Å². The van der Waals surface area contributed by atoms with Crippen LogP contribution in [0.3, 0.4) is 0 Å². The molecule has 114 valence electrons. The zero-order valence-electron chi connectivity index (χ0n) is 11.5. The minimum absolute atomic E-state index is 0.0343. The predicted molar refractivity (Wildman–Crippen MR) is 83.1 cm³/mol. The number of rotatable bonds is 4. The molecule has 2 rings (SSSR count). The molecular formula is C15H12BrFN2O3. The number of hydrogen-bond donors (Lipinski definition) is 1. The zero-order valence-corrected chi connectivity index (χ0v) is 13.1. The van der Waals surface area contributed by atoms with Gasteiger partial charge in [0.05, 0.1) is 11.0 Å². The standard InChI is InChI=1S/C15H12BrFN2O3/c1-9(11-4-2-3-5-12(11)16)18-15(20)10-6-7-13(17)14(8-10)19(21)22/h2-9H,1H3,(H,18,20)/t9-/m1/s1. The molecule has 0 saturated heterocycles. The van der Waals surface area contributed by atoms with Gasteiger partial charge >= 0.3 is 5.69 Å². The summed E-state index contributed by atoms with van der Waals surface area (Å²) in [6, 6.07) is 10.1. The van der Waals surface area contributed by atoms with Crippen LogP contribution in [0.4, 0.5) is 10.1 Å². The third kappa shape index (κ3) is 3.48. The molecule has 1 amide bonds. The average Bonchev–Trinajstić information content (AvgIpc) is 2.47. The number of halogens is 2. The highest BCUT2D eigenvalue weighted by molar-refractivity contribution is 9.10. The molecule has 0 bridgehead atoms. The molecule has 0 heterocycles. The van der Waals surface area contributed by atoms with Crippen molar-refractivity contribution in [3.05, 3.63) is 74.0 Å². The van der Waals surface area contributed by atoms with E-state index in [1.165, 1.54) is 6.07 Å². The van der Waals surface area contributed by atoms with Crippen molar-refractivity contribution in [3.8, 4) is 0 Å². The summed E-state index contributed by atoms with van der Waals surface area (Å²) in [5.41, 5.74) is 0.181. The molecule has 1 atom stereocenters. The molecule has 0 aromatic heterocycles. The SMILES string of the molecule is C[C@@H](NC(=O)c1ccc(F)c([N+](=O)[O-])c1)c1ccccc1Br. The molecule has 5 nitrogen and oxygen atoms in total. The van der Waals surface area contributed by atoms with Crippen LogP contribution in [0.15, 0.2) is 46.9 Å². The maximum absolute atomic E-state index is 13.3. The molecule has 1 N–H and O–H groups in total. The van der Waals surface area contributed by atoms with E-state index in [9.17, 15) is 19.3 Å². The molecular weight excluding hydrogens is 355 g/mol. The van der Waals surface area contributed by atoms with Crippen LogP contribution in [0.2, 0.25) is 0 Å². The summed E-state index contributed by atoms with van der Waals surface area (Å²) in [4.78, 5) is 22.0. The first-order valence-electron chi connectivity index (χ1n) is 6.39. The van der Waals surface area contributed by atoms with E-state index in [-0.39, 0.29) is 11.6 Å². The van der Waals surface area contributed by atoms with Gasteiger partial charge in [-0.25, -0.2) is 0 Å². The summed E-state index contributed by atoms with van der Waals surface area (Å²) in [6.07, 6.45) is 0. The fourth-order valence-corrected chi connectivity index (χ4v) is 2.61. The fourth-order valence-electron chi connectivity index (χ4n) is 1.98. The van der Waals surface area contributed by atoms with E-state index in [0.29, 0.717) is 0 Å². The first-order valence-corrected chi connectivity index (χ1v) is 7.18. The second kappa shape index (κ2) is 6.65. The maximum atomic E-state index is 13.3. The average molecular weight is 367 g/mol. The van der Waals surface area contributed by atoms with Gasteiger partial charge in [-0.3, -0.25) is 14.9 Å². The Kier molecular flexibility index (Phi) is 4.87. The van der Waals surface area contributed by atoms with Gasteiger partial charge in [0.2, 0.25) is 5.82 Å². The Hall–Kier alpha value is -2.28. The highest BCUT2D eigenvalue weighted by Gasteiger charge is 2.19. The number of benzene rings is 2. The molecule has 0 radical (unpaired) electrons. The van der Waals surface area contributed by atoms with Crippen molar-refractivity contribution in [3.63, 3.8) is 0 Å². The highest BCUT2D eigenvalue weighted by atomic mass is 79.9. The second-order valence-electron chi connectivity index (χ2n) is 4.64. The number of hydrogen-bond acceptors (Lipinski definition) is 3. The summed E-state index contributed by atoms with van der Waals surface area (Å²) in [6.45, 7) is 1.79. The number of nitrogens with zero attached hydrogens (tertiary/aromatic N) is 1. The second-order valence-corrected chi connectivity index (χ2v) is 5.49. The summed E-state index contributed by atoms with van der Waals surface area (Å²) in [5.74, 6) is -1.48. The maximum Gasteiger partial charge on any atom is 0.305 e. The molecule has 0 aliphatic carbocycles. The molecule has 2 aromatic carbocycles. The van der Waals surface area contributed by atoms with E-state index in [1.54, 1.807) is 6.92 Å². The van der Waals surface area contributed by atoms with Gasteiger partial charge in [0, 0.05) is 16.1 Å².